The van der Waals surface area contributed by atoms with Crippen LogP contribution in [0.2, 0.25) is 0 Å². The number of ether oxygens (including phenoxy) is 2. The van der Waals surface area contributed by atoms with Crippen LogP contribution >= 0.6 is 0 Å². The maximum Gasteiger partial charge on any atom is 0.169 e. The molecule has 2 aromatic rings. The Kier molecular flexibility index (Phi) is 4.15. The van der Waals surface area contributed by atoms with Crippen LogP contribution in [0.3, 0.4) is 0 Å². The molecule has 0 atom stereocenters. The lowest BCUT2D eigenvalue weighted by Crippen LogP contribution is -2.19. The van der Waals surface area contributed by atoms with Gasteiger partial charge in [0.15, 0.2) is 11.5 Å². The average Bonchev–Trinajstić information content (AvgIpc) is 2.71. The second-order valence-electron chi connectivity index (χ2n) is 7.92. The normalized spacial score (nSPS) is 18.2. The molecule has 2 aromatic carbocycles. The summed E-state index contributed by atoms with van der Waals surface area (Å²) in [6.07, 6.45) is 11.1. The Balaban J connectivity index is 1.83. The third-order valence-corrected chi connectivity index (χ3v) is 6.41. The lowest BCUT2D eigenvalue weighted by atomic mass is 9.78. The molecule has 0 aromatic heterocycles. The minimum absolute atomic E-state index is 0.662. The van der Waals surface area contributed by atoms with Gasteiger partial charge in [0.05, 0.1) is 0 Å². The summed E-state index contributed by atoms with van der Waals surface area (Å²) in [6, 6.07) is 7.03. The Morgan fingerprint density at radius 3 is 2.27 bits per heavy atom. The first-order valence-corrected chi connectivity index (χ1v) is 10.4. The molecule has 0 fully saturated rings. The van der Waals surface area contributed by atoms with E-state index in [0.717, 1.165) is 17.9 Å². The van der Waals surface area contributed by atoms with Gasteiger partial charge in [0, 0.05) is 5.56 Å². The molecule has 0 amide bonds. The van der Waals surface area contributed by atoms with Crippen LogP contribution in [0.25, 0.3) is 11.1 Å². The quantitative estimate of drug-likeness (QED) is 0.719. The summed E-state index contributed by atoms with van der Waals surface area (Å²) in [6.45, 7) is 3.61. The van der Waals surface area contributed by atoms with E-state index in [9.17, 15) is 0 Å². The van der Waals surface area contributed by atoms with Crippen molar-refractivity contribution in [2.24, 2.45) is 0 Å². The Morgan fingerprint density at radius 2 is 1.46 bits per heavy atom. The topological polar surface area (TPSA) is 18.5 Å². The molecular weight excluding hydrogens is 320 g/mol. The number of fused-ring (bicyclic) bond motifs is 3. The van der Waals surface area contributed by atoms with Crippen molar-refractivity contribution in [3.8, 4) is 22.6 Å². The van der Waals surface area contributed by atoms with E-state index in [-0.39, 0.29) is 0 Å². The Morgan fingerprint density at radius 1 is 0.769 bits per heavy atom. The van der Waals surface area contributed by atoms with E-state index in [1.807, 2.05) is 0 Å². The fourth-order valence-electron chi connectivity index (χ4n) is 5.15. The van der Waals surface area contributed by atoms with Gasteiger partial charge in [-0.2, -0.15) is 0 Å². The number of benzene rings is 2. The minimum Gasteiger partial charge on any atom is -0.486 e. The van der Waals surface area contributed by atoms with Crippen molar-refractivity contribution in [1.29, 1.82) is 0 Å². The largest absolute Gasteiger partial charge is 0.486 e. The molecule has 5 rings (SSSR count). The fraction of sp³-hybridized carbons (Fsp3) is 0.500. The molecular formula is C24H28O2. The van der Waals surface area contributed by atoms with Crippen LogP contribution in [0.15, 0.2) is 18.2 Å². The molecule has 0 unspecified atom stereocenters. The maximum absolute atomic E-state index is 6.24. The minimum atomic E-state index is 0.662. The summed E-state index contributed by atoms with van der Waals surface area (Å²) in [5.41, 5.74) is 10.5. The number of hydrogen-bond acceptors (Lipinski definition) is 2. The van der Waals surface area contributed by atoms with Crippen LogP contribution in [0, 0.1) is 0 Å². The van der Waals surface area contributed by atoms with Gasteiger partial charge < -0.3 is 9.47 Å². The molecule has 136 valence electrons. The summed E-state index contributed by atoms with van der Waals surface area (Å²) in [5.74, 6) is 1.99. The molecule has 1 heterocycles. The summed E-state index contributed by atoms with van der Waals surface area (Å²) >= 11 is 0. The van der Waals surface area contributed by atoms with Crippen molar-refractivity contribution in [3.63, 3.8) is 0 Å². The van der Waals surface area contributed by atoms with Crippen LogP contribution in [-0.2, 0) is 32.1 Å². The van der Waals surface area contributed by atoms with E-state index >= 15 is 0 Å². The molecule has 2 aliphatic carbocycles. The van der Waals surface area contributed by atoms with Crippen molar-refractivity contribution in [3.05, 3.63) is 46.0 Å². The lowest BCUT2D eigenvalue weighted by Gasteiger charge is -2.30. The summed E-state index contributed by atoms with van der Waals surface area (Å²) < 4.78 is 12.3. The highest BCUT2D eigenvalue weighted by atomic mass is 16.6. The molecule has 0 saturated carbocycles. The summed E-state index contributed by atoms with van der Waals surface area (Å²) in [4.78, 5) is 0. The Hall–Kier alpha value is -1.96. The monoisotopic (exact) mass is 348 g/mol. The fourth-order valence-corrected chi connectivity index (χ4v) is 5.15. The van der Waals surface area contributed by atoms with Crippen LogP contribution in [0.1, 0.15) is 60.4 Å². The van der Waals surface area contributed by atoms with Gasteiger partial charge in [-0.05, 0) is 97.2 Å². The first-order chi connectivity index (χ1) is 12.9. The van der Waals surface area contributed by atoms with Gasteiger partial charge in [-0.25, -0.2) is 0 Å². The predicted molar refractivity (Wildman–Crippen MR) is 106 cm³/mol. The van der Waals surface area contributed by atoms with Gasteiger partial charge in [-0.1, -0.05) is 19.1 Å². The van der Waals surface area contributed by atoms with E-state index in [2.05, 4.69) is 25.1 Å². The zero-order valence-corrected chi connectivity index (χ0v) is 15.8. The molecule has 0 bridgehead atoms. The molecule has 0 radical (unpaired) electrons. The number of aryl methyl sites for hydroxylation is 3. The molecule has 0 spiro atoms. The van der Waals surface area contributed by atoms with Gasteiger partial charge >= 0.3 is 0 Å². The van der Waals surface area contributed by atoms with Crippen LogP contribution in [-0.4, -0.2) is 13.2 Å². The summed E-state index contributed by atoms with van der Waals surface area (Å²) in [7, 11) is 0. The van der Waals surface area contributed by atoms with E-state index in [1.165, 1.54) is 79.2 Å². The van der Waals surface area contributed by atoms with Crippen LogP contribution in [0.5, 0.6) is 11.5 Å². The second-order valence-corrected chi connectivity index (χ2v) is 7.92. The molecule has 0 N–H and O–H groups in total. The third kappa shape index (κ3) is 2.53. The van der Waals surface area contributed by atoms with Crippen LogP contribution in [0.4, 0.5) is 0 Å². The average molecular weight is 348 g/mol. The van der Waals surface area contributed by atoms with E-state index in [0.29, 0.717) is 13.2 Å². The zero-order chi connectivity index (χ0) is 17.5. The standard InChI is InChI=1S/C24H28O2/c1-2-16-11-12-17-7-3-5-9-19(17)22(16)23-20-10-6-4-8-18(20)15-21-24(23)26-14-13-25-21/h11-12,15H,2-10,13-14H2,1H3. The van der Waals surface area contributed by atoms with Crippen molar-refractivity contribution in [1.82, 2.24) is 0 Å². The van der Waals surface area contributed by atoms with E-state index in [1.54, 1.807) is 11.1 Å². The van der Waals surface area contributed by atoms with Gasteiger partial charge in [0.2, 0.25) is 0 Å². The van der Waals surface area contributed by atoms with Gasteiger partial charge in [-0.15, -0.1) is 0 Å². The smallest absolute Gasteiger partial charge is 0.169 e. The highest BCUT2D eigenvalue weighted by molar-refractivity contribution is 5.84. The van der Waals surface area contributed by atoms with Gasteiger partial charge in [-0.3, -0.25) is 0 Å². The predicted octanol–water partition coefficient (Wildman–Crippen LogP) is 5.44. The van der Waals surface area contributed by atoms with Crippen molar-refractivity contribution in [2.45, 2.75) is 64.7 Å². The molecule has 2 nitrogen and oxygen atoms in total. The molecule has 3 aliphatic rings. The first kappa shape index (κ1) is 16.2. The molecule has 2 heteroatoms. The SMILES string of the molecule is CCc1ccc2c(c1-c1c3c(cc4c1OCCO4)CCCC3)CCCC2. The van der Waals surface area contributed by atoms with Gasteiger partial charge in [0.25, 0.3) is 0 Å². The molecule has 26 heavy (non-hydrogen) atoms. The zero-order valence-electron chi connectivity index (χ0n) is 15.8. The Bertz CT molecular complexity index is 816. The Labute approximate surface area is 156 Å². The summed E-state index contributed by atoms with van der Waals surface area (Å²) in [5, 5.41) is 0. The lowest BCUT2D eigenvalue weighted by molar-refractivity contribution is 0.172. The number of hydrogen-bond donors (Lipinski definition) is 0. The highest BCUT2D eigenvalue weighted by Gasteiger charge is 2.29. The maximum atomic E-state index is 6.24. The molecule has 1 aliphatic heterocycles. The van der Waals surface area contributed by atoms with Crippen molar-refractivity contribution >= 4 is 0 Å². The van der Waals surface area contributed by atoms with E-state index in [4.69, 9.17) is 9.47 Å². The van der Waals surface area contributed by atoms with Crippen molar-refractivity contribution in [2.75, 3.05) is 13.2 Å². The van der Waals surface area contributed by atoms with Crippen LogP contribution < -0.4 is 9.47 Å². The first-order valence-electron chi connectivity index (χ1n) is 10.4. The third-order valence-electron chi connectivity index (χ3n) is 6.41. The number of rotatable bonds is 2. The van der Waals surface area contributed by atoms with Gasteiger partial charge in [0.1, 0.15) is 13.2 Å². The highest BCUT2D eigenvalue weighted by Crippen LogP contribution is 2.49. The molecule has 0 saturated heterocycles. The van der Waals surface area contributed by atoms with Crippen molar-refractivity contribution < 1.29 is 9.47 Å². The van der Waals surface area contributed by atoms with E-state index < -0.39 is 0 Å². The second kappa shape index (κ2) is 6.64.